The predicted octanol–water partition coefficient (Wildman–Crippen LogP) is 2.65. The zero-order valence-electron chi connectivity index (χ0n) is 10.5. The van der Waals surface area contributed by atoms with Crippen LogP contribution in [-0.4, -0.2) is 11.0 Å². The Labute approximate surface area is 111 Å². The molecule has 0 radical (unpaired) electrons. The zero-order chi connectivity index (χ0) is 12.8. The maximum atomic E-state index is 13.4. The third-order valence-corrected chi connectivity index (χ3v) is 4.40. The quantitative estimate of drug-likeness (QED) is 0.852. The molecular weight excluding hydrogens is 239 g/mol. The van der Waals surface area contributed by atoms with Crippen LogP contribution >= 0.6 is 0 Å². The van der Waals surface area contributed by atoms with Crippen molar-refractivity contribution in [3.05, 3.63) is 65.2 Å². The fourth-order valence-electron chi connectivity index (χ4n) is 3.41. The van der Waals surface area contributed by atoms with E-state index in [1.807, 2.05) is 0 Å². The average Bonchev–Trinajstić information content (AvgIpc) is 2.97. The van der Waals surface area contributed by atoms with Crippen molar-refractivity contribution in [1.29, 1.82) is 0 Å². The molecule has 2 aliphatic carbocycles. The number of rotatable bonds is 3. The van der Waals surface area contributed by atoms with E-state index < -0.39 is 0 Å². The highest BCUT2D eigenvalue weighted by molar-refractivity contribution is 5.45. The topological polar surface area (TPSA) is 24.9 Å². The second-order valence-electron chi connectivity index (χ2n) is 5.45. The van der Waals surface area contributed by atoms with Gasteiger partial charge in [0.05, 0.1) is 0 Å². The largest absolute Gasteiger partial charge is 0.309 e. The van der Waals surface area contributed by atoms with Gasteiger partial charge in [0, 0.05) is 30.3 Å². The van der Waals surface area contributed by atoms with E-state index in [4.69, 9.17) is 0 Å². The number of hydrogen-bond acceptors (Lipinski definition) is 2. The predicted molar refractivity (Wildman–Crippen MR) is 71.2 cm³/mol. The Morgan fingerprint density at radius 1 is 1.21 bits per heavy atom. The fourth-order valence-corrected chi connectivity index (χ4v) is 3.41. The average molecular weight is 254 g/mol. The summed E-state index contributed by atoms with van der Waals surface area (Å²) in [4.78, 5) is 3.68. The molecule has 0 saturated heterocycles. The van der Waals surface area contributed by atoms with Gasteiger partial charge in [-0.1, -0.05) is 30.3 Å². The van der Waals surface area contributed by atoms with Crippen molar-refractivity contribution in [1.82, 2.24) is 10.3 Å². The normalized spacial score (nSPS) is 26.9. The Kier molecular flexibility index (Phi) is 2.42. The van der Waals surface area contributed by atoms with Crippen LogP contribution in [0, 0.1) is 11.9 Å². The molecule has 0 unspecified atom stereocenters. The van der Waals surface area contributed by atoms with E-state index >= 15 is 0 Å². The summed E-state index contributed by atoms with van der Waals surface area (Å²) in [5, 5.41) is 3.48. The lowest BCUT2D eigenvalue weighted by atomic mass is 10.1. The number of benzene rings is 1. The minimum Gasteiger partial charge on any atom is -0.309 e. The second-order valence-corrected chi connectivity index (χ2v) is 5.45. The van der Waals surface area contributed by atoms with Crippen LogP contribution in [0.15, 0.2) is 42.6 Å². The van der Waals surface area contributed by atoms with Gasteiger partial charge in [0.25, 0.3) is 0 Å². The van der Waals surface area contributed by atoms with Crippen LogP contribution in [-0.2, 0) is 13.0 Å². The second kappa shape index (κ2) is 4.14. The Balaban J connectivity index is 1.45. The van der Waals surface area contributed by atoms with Crippen molar-refractivity contribution in [3.63, 3.8) is 0 Å². The lowest BCUT2D eigenvalue weighted by molar-refractivity contribution is 0.542. The molecule has 3 atom stereocenters. The molecule has 1 N–H and O–H groups in total. The van der Waals surface area contributed by atoms with Crippen molar-refractivity contribution in [3.8, 4) is 0 Å². The first-order valence-electron chi connectivity index (χ1n) is 6.75. The Hall–Kier alpha value is -1.74. The summed E-state index contributed by atoms with van der Waals surface area (Å²) >= 11 is 0. The summed E-state index contributed by atoms with van der Waals surface area (Å²) in [5.74, 6) is 0.981. The Morgan fingerprint density at radius 2 is 2.11 bits per heavy atom. The van der Waals surface area contributed by atoms with Gasteiger partial charge >= 0.3 is 0 Å². The third-order valence-electron chi connectivity index (χ3n) is 4.40. The van der Waals surface area contributed by atoms with Gasteiger partial charge in [-0.25, -0.2) is 4.98 Å². The van der Waals surface area contributed by atoms with Crippen molar-refractivity contribution in [2.45, 2.75) is 24.9 Å². The Bertz CT molecular complexity index is 626. The van der Waals surface area contributed by atoms with Crippen LogP contribution < -0.4 is 5.32 Å². The molecule has 96 valence electrons. The summed E-state index contributed by atoms with van der Waals surface area (Å²) in [6.45, 7) is 0.569. The van der Waals surface area contributed by atoms with Crippen molar-refractivity contribution in [2.24, 2.45) is 5.92 Å². The van der Waals surface area contributed by atoms with Gasteiger partial charge in [0.2, 0.25) is 5.95 Å². The van der Waals surface area contributed by atoms with Crippen LogP contribution in [0.3, 0.4) is 0 Å². The SMILES string of the molecule is Fc1ncccc1CN[C@@H]1[C@H]2Cc3ccccc3[C@H]21. The summed E-state index contributed by atoms with van der Waals surface area (Å²) in [5.41, 5.74) is 3.63. The molecule has 0 spiro atoms. The highest BCUT2D eigenvalue weighted by Crippen LogP contribution is 2.56. The molecule has 2 nitrogen and oxygen atoms in total. The van der Waals surface area contributed by atoms with Gasteiger partial charge in [-0.2, -0.15) is 4.39 Å². The maximum absolute atomic E-state index is 13.4. The number of halogens is 1. The first-order valence-corrected chi connectivity index (χ1v) is 6.75. The van der Waals surface area contributed by atoms with Crippen molar-refractivity contribution in [2.75, 3.05) is 0 Å². The number of nitrogens with one attached hydrogen (secondary N) is 1. The summed E-state index contributed by atoms with van der Waals surface area (Å²) in [7, 11) is 0. The minimum absolute atomic E-state index is 0.360. The van der Waals surface area contributed by atoms with Gasteiger partial charge < -0.3 is 5.32 Å². The van der Waals surface area contributed by atoms with Gasteiger partial charge in [0.1, 0.15) is 0 Å². The molecular formula is C16H15FN2. The summed E-state index contributed by atoms with van der Waals surface area (Å²) < 4.78 is 13.4. The highest BCUT2D eigenvalue weighted by atomic mass is 19.1. The van der Waals surface area contributed by atoms with E-state index in [0.717, 1.165) is 6.42 Å². The first-order chi connectivity index (χ1) is 9.34. The monoisotopic (exact) mass is 254 g/mol. The number of nitrogens with zero attached hydrogens (tertiary/aromatic N) is 1. The van der Waals surface area contributed by atoms with Crippen molar-refractivity contribution >= 4 is 0 Å². The summed E-state index contributed by atoms with van der Waals surface area (Å²) in [6.07, 6.45) is 2.65. The lowest BCUT2D eigenvalue weighted by Gasteiger charge is -2.09. The standard InChI is InChI=1S/C16H15FN2/c17-16-11(5-3-7-18-16)9-19-15-13-8-10-4-1-2-6-12(10)14(13)15/h1-7,13-15,19H,8-9H2/t13-,14+,15+/m0/s1. The molecule has 3 heteroatoms. The van der Waals surface area contributed by atoms with E-state index in [-0.39, 0.29) is 5.95 Å². The molecule has 19 heavy (non-hydrogen) atoms. The van der Waals surface area contributed by atoms with Crippen LogP contribution in [0.1, 0.15) is 22.6 Å². The molecule has 1 aromatic heterocycles. The zero-order valence-corrected chi connectivity index (χ0v) is 10.5. The molecule has 0 aliphatic heterocycles. The Morgan fingerprint density at radius 3 is 3.00 bits per heavy atom. The third kappa shape index (κ3) is 1.77. The molecule has 1 saturated carbocycles. The van der Waals surface area contributed by atoms with Gasteiger partial charge in [-0.05, 0) is 29.5 Å². The van der Waals surface area contributed by atoms with Crippen LogP contribution in [0.25, 0.3) is 0 Å². The molecule has 0 bridgehead atoms. The molecule has 1 fully saturated rings. The molecule has 4 rings (SSSR count). The van der Waals surface area contributed by atoms with Crippen molar-refractivity contribution < 1.29 is 4.39 Å². The maximum Gasteiger partial charge on any atom is 0.217 e. The molecule has 2 aliphatic rings. The number of pyridine rings is 1. The minimum atomic E-state index is -0.360. The molecule has 0 amide bonds. The summed E-state index contributed by atoms with van der Waals surface area (Å²) in [6, 6.07) is 12.7. The smallest absolute Gasteiger partial charge is 0.217 e. The first kappa shape index (κ1) is 11.1. The molecule has 2 aromatic rings. The molecule has 1 heterocycles. The van der Waals surface area contributed by atoms with E-state index in [9.17, 15) is 4.39 Å². The van der Waals surface area contributed by atoms with Crippen LogP contribution in [0.5, 0.6) is 0 Å². The highest BCUT2D eigenvalue weighted by Gasteiger charge is 2.55. The van der Waals surface area contributed by atoms with E-state index in [1.165, 1.54) is 17.3 Å². The number of hydrogen-bond donors (Lipinski definition) is 1. The van der Waals surface area contributed by atoms with Crippen LogP contribution in [0.4, 0.5) is 4.39 Å². The van der Waals surface area contributed by atoms with Gasteiger partial charge in [-0.15, -0.1) is 0 Å². The number of fused-ring (bicyclic) bond motifs is 3. The van der Waals surface area contributed by atoms with Crippen LogP contribution in [0.2, 0.25) is 0 Å². The number of aromatic nitrogens is 1. The van der Waals surface area contributed by atoms with Gasteiger partial charge in [0.15, 0.2) is 0 Å². The fraction of sp³-hybridized carbons (Fsp3) is 0.312. The van der Waals surface area contributed by atoms with Gasteiger partial charge in [-0.3, -0.25) is 0 Å². The molecule has 1 aromatic carbocycles. The van der Waals surface area contributed by atoms with E-state index in [0.29, 0.717) is 30.0 Å². The van der Waals surface area contributed by atoms with E-state index in [1.54, 1.807) is 12.1 Å². The lowest BCUT2D eigenvalue weighted by Crippen LogP contribution is -2.21. The van der Waals surface area contributed by atoms with E-state index in [2.05, 4.69) is 34.6 Å².